The predicted octanol–water partition coefficient (Wildman–Crippen LogP) is 2.90. The molecular formula is C11H9BrN2O4S2. The zero-order valence-corrected chi connectivity index (χ0v) is 13.2. The summed E-state index contributed by atoms with van der Waals surface area (Å²) in [6.45, 7) is 0.128. The lowest BCUT2D eigenvalue weighted by molar-refractivity contribution is -0.385. The lowest BCUT2D eigenvalue weighted by Crippen LogP contribution is -2.23. The number of thiophene rings is 1. The molecule has 1 aromatic heterocycles. The van der Waals surface area contributed by atoms with Gasteiger partial charge in [0.05, 0.1) is 9.82 Å². The van der Waals surface area contributed by atoms with E-state index in [0.29, 0.717) is 0 Å². The number of nitrogens with one attached hydrogen (secondary N) is 1. The van der Waals surface area contributed by atoms with Crippen LogP contribution in [-0.4, -0.2) is 13.3 Å². The molecule has 2 aromatic rings. The first-order valence-electron chi connectivity index (χ1n) is 5.36. The first kappa shape index (κ1) is 15.1. The third kappa shape index (κ3) is 3.42. The number of benzene rings is 1. The Morgan fingerprint density at radius 1 is 1.35 bits per heavy atom. The standard InChI is InChI=1S/C11H9BrN2O4S2/c12-10-4-5-19-11(10)7-13-20(17,18)9-3-1-2-8(6-9)14(15)16/h1-6,13H,7H2. The van der Waals surface area contributed by atoms with Gasteiger partial charge in [-0.25, -0.2) is 13.1 Å². The highest BCUT2D eigenvalue weighted by Gasteiger charge is 2.17. The number of hydrogen-bond acceptors (Lipinski definition) is 5. The highest BCUT2D eigenvalue weighted by atomic mass is 79.9. The van der Waals surface area contributed by atoms with Gasteiger partial charge in [-0.05, 0) is 33.4 Å². The first-order valence-corrected chi connectivity index (χ1v) is 8.52. The molecule has 6 nitrogen and oxygen atoms in total. The molecule has 0 radical (unpaired) electrons. The summed E-state index contributed by atoms with van der Waals surface area (Å²) in [6, 6.07) is 6.76. The second-order valence-electron chi connectivity index (χ2n) is 3.77. The van der Waals surface area contributed by atoms with Crippen molar-refractivity contribution in [3.63, 3.8) is 0 Å². The summed E-state index contributed by atoms with van der Waals surface area (Å²) in [5.41, 5.74) is -0.259. The Hall–Kier alpha value is -1.29. The number of nitro benzene ring substituents is 1. The van der Waals surface area contributed by atoms with Gasteiger partial charge in [-0.15, -0.1) is 11.3 Å². The largest absolute Gasteiger partial charge is 0.270 e. The van der Waals surface area contributed by atoms with Gasteiger partial charge in [-0.3, -0.25) is 10.1 Å². The predicted molar refractivity (Wildman–Crippen MR) is 79.1 cm³/mol. The third-order valence-electron chi connectivity index (χ3n) is 2.45. The quantitative estimate of drug-likeness (QED) is 0.641. The highest BCUT2D eigenvalue weighted by molar-refractivity contribution is 9.10. The fourth-order valence-electron chi connectivity index (χ4n) is 1.46. The van der Waals surface area contributed by atoms with Crippen LogP contribution in [0.15, 0.2) is 45.1 Å². The summed E-state index contributed by atoms with van der Waals surface area (Å²) in [6.07, 6.45) is 0. The van der Waals surface area contributed by atoms with E-state index < -0.39 is 14.9 Å². The topological polar surface area (TPSA) is 89.3 Å². The van der Waals surface area contributed by atoms with Crippen molar-refractivity contribution >= 4 is 43.0 Å². The number of hydrogen-bond donors (Lipinski definition) is 1. The van der Waals surface area contributed by atoms with Gasteiger partial charge in [0, 0.05) is 28.0 Å². The van der Waals surface area contributed by atoms with Crippen LogP contribution in [0.3, 0.4) is 0 Å². The molecule has 20 heavy (non-hydrogen) atoms. The number of non-ortho nitro benzene ring substituents is 1. The number of sulfonamides is 1. The van der Waals surface area contributed by atoms with Gasteiger partial charge >= 0.3 is 0 Å². The van der Waals surface area contributed by atoms with Crippen molar-refractivity contribution in [2.24, 2.45) is 0 Å². The Balaban J connectivity index is 2.20. The van der Waals surface area contributed by atoms with Crippen LogP contribution in [0.4, 0.5) is 5.69 Å². The van der Waals surface area contributed by atoms with E-state index in [0.717, 1.165) is 15.4 Å². The Morgan fingerprint density at radius 2 is 2.10 bits per heavy atom. The van der Waals surface area contributed by atoms with Gasteiger partial charge in [-0.1, -0.05) is 6.07 Å². The van der Waals surface area contributed by atoms with Crippen LogP contribution in [0.2, 0.25) is 0 Å². The molecule has 0 bridgehead atoms. The molecule has 1 aromatic carbocycles. The minimum Gasteiger partial charge on any atom is -0.258 e. The lowest BCUT2D eigenvalue weighted by Gasteiger charge is -2.06. The first-order chi connectivity index (χ1) is 9.40. The average molecular weight is 377 g/mol. The van der Waals surface area contributed by atoms with E-state index >= 15 is 0 Å². The Labute approximate surface area is 127 Å². The van der Waals surface area contributed by atoms with E-state index in [2.05, 4.69) is 20.7 Å². The van der Waals surface area contributed by atoms with Crippen molar-refractivity contribution in [1.82, 2.24) is 4.72 Å². The molecular weight excluding hydrogens is 368 g/mol. The number of halogens is 1. The molecule has 0 aliphatic heterocycles. The molecule has 0 fully saturated rings. The summed E-state index contributed by atoms with van der Waals surface area (Å²) < 4.78 is 27.4. The Morgan fingerprint density at radius 3 is 2.70 bits per heavy atom. The van der Waals surface area contributed by atoms with Crippen molar-refractivity contribution in [2.45, 2.75) is 11.4 Å². The van der Waals surface area contributed by atoms with Crippen LogP contribution in [0.1, 0.15) is 4.88 Å². The second-order valence-corrected chi connectivity index (χ2v) is 7.39. The van der Waals surface area contributed by atoms with E-state index in [1.54, 1.807) is 0 Å². The fraction of sp³-hybridized carbons (Fsp3) is 0.0909. The molecule has 9 heteroatoms. The maximum atomic E-state index is 12.1. The molecule has 106 valence electrons. The summed E-state index contributed by atoms with van der Waals surface area (Å²) in [7, 11) is -3.78. The van der Waals surface area contributed by atoms with Crippen LogP contribution in [0, 0.1) is 10.1 Å². The van der Waals surface area contributed by atoms with Crippen molar-refractivity contribution in [3.8, 4) is 0 Å². The minimum atomic E-state index is -3.78. The van der Waals surface area contributed by atoms with Gasteiger partial charge in [-0.2, -0.15) is 0 Å². The summed E-state index contributed by atoms with van der Waals surface area (Å²) in [4.78, 5) is 10.7. The molecule has 0 saturated carbocycles. The van der Waals surface area contributed by atoms with Gasteiger partial charge in [0.2, 0.25) is 10.0 Å². The van der Waals surface area contributed by atoms with Crippen molar-refractivity contribution < 1.29 is 13.3 Å². The van der Waals surface area contributed by atoms with Gasteiger partial charge < -0.3 is 0 Å². The normalized spacial score (nSPS) is 11.4. The van der Waals surface area contributed by atoms with Crippen LogP contribution in [0.25, 0.3) is 0 Å². The van der Waals surface area contributed by atoms with Gasteiger partial charge in [0.25, 0.3) is 5.69 Å². The van der Waals surface area contributed by atoms with Crippen LogP contribution in [0.5, 0.6) is 0 Å². The molecule has 0 spiro atoms. The van der Waals surface area contributed by atoms with Crippen LogP contribution < -0.4 is 4.72 Å². The monoisotopic (exact) mass is 376 g/mol. The van der Waals surface area contributed by atoms with E-state index in [-0.39, 0.29) is 17.1 Å². The number of nitro groups is 1. The summed E-state index contributed by atoms with van der Waals surface area (Å²) in [5, 5.41) is 12.5. The second kappa shape index (κ2) is 6.00. The molecule has 2 rings (SSSR count). The highest BCUT2D eigenvalue weighted by Crippen LogP contribution is 2.23. The van der Waals surface area contributed by atoms with Gasteiger partial charge in [0.1, 0.15) is 0 Å². The van der Waals surface area contributed by atoms with Gasteiger partial charge in [0.15, 0.2) is 0 Å². The maximum absolute atomic E-state index is 12.1. The van der Waals surface area contributed by atoms with Crippen LogP contribution in [-0.2, 0) is 16.6 Å². The maximum Gasteiger partial charge on any atom is 0.270 e. The number of nitrogens with zero attached hydrogens (tertiary/aromatic N) is 1. The number of rotatable bonds is 5. The molecule has 0 aliphatic rings. The molecule has 0 aliphatic carbocycles. The Bertz CT molecular complexity index is 742. The van der Waals surface area contributed by atoms with Crippen molar-refractivity contribution in [1.29, 1.82) is 0 Å². The SMILES string of the molecule is O=[N+]([O-])c1cccc(S(=O)(=O)NCc2sccc2Br)c1. The van der Waals surface area contributed by atoms with E-state index in [9.17, 15) is 18.5 Å². The van der Waals surface area contributed by atoms with E-state index in [1.807, 2.05) is 11.4 Å². The summed E-state index contributed by atoms with van der Waals surface area (Å²) in [5.74, 6) is 0. The smallest absolute Gasteiger partial charge is 0.258 e. The fourth-order valence-corrected chi connectivity index (χ4v) is 4.02. The van der Waals surface area contributed by atoms with Crippen LogP contribution >= 0.6 is 27.3 Å². The van der Waals surface area contributed by atoms with E-state index in [1.165, 1.54) is 29.5 Å². The average Bonchev–Trinajstić information content (AvgIpc) is 2.82. The third-order valence-corrected chi connectivity index (χ3v) is 5.78. The van der Waals surface area contributed by atoms with Crippen molar-refractivity contribution in [2.75, 3.05) is 0 Å². The molecule has 0 amide bonds. The zero-order valence-electron chi connectivity index (χ0n) is 9.95. The molecule has 1 N–H and O–H groups in total. The lowest BCUT2D eigenvalue weighted by atomic mass is 10.3. The molecule has 0 saturated heterocycles. The van der Waals surface area contributed by atoms with E-state index in [4.69, 9.17) is 0 Å². The van der Waals surface area contributed by atoms with Crippen molar-refractivity contribution in [3.05, 3.63) is 55.2 Å². The summed E-state index contributed by atoms with van der Waals surface area (Å²) >= 11 is 4.72. The zero-order chi connectivity index (χ0) is 14.8. The molecule has 0 atom stereocenters. The molecule has 0 unspecified atom stereocenters. The molecule has 1 heterocycles. The minimum absolute atomic E-state index is 0.126. The Kier molecular flexibility index (Phi) is 4.53.